The number of ether oxygens (including phenoxy) is 1. The number of amides is 2. The molecular weight excluding hydrogens is 384 g/mol. The number of likely N-dealkylation sites (tertiary alicyclic amines) is 1. The average Bonchev–Trinajstić information content (AvgIpc) is 3.18. The van der Waals surface area contributed by atoms with Gasteiger partial charge in [-0.1, -0.05) is 12.1 Å². The van der Waals surface area contributed by atoms with E-state index in [1.54, 1.807) is 60.2 Å². The summed E-state index contributed by atoms with van der Waals surface area (Å²) in [6.07, 6.45) is 4.25. The molecule has 1 fully saturated rings. The van der Waals surface area contributed by atoms with E-state index in [9.17, 15) is 14.4 Å². The van der Waals surface area contributed by atoms with Crippen molar-refractivity contribution in [2.24, 2.45) is 13.0 Å². The van der Waals surface area contributed by atoms with Gasteiger partial charge in [0.1, 0.15) is 5.75 Å². The monoisotopic (exact) mass is 412 g/mol. The second-order valence-corrected chi connectivity index (χ2v) is 7.73. The molecule has 1 aliphatic heterocycles. The quantitative estimate of drug-likeness (QED) is 0.703. The molecule has 1 aromatic heterocycles. The molecule has 8 heteroatoms. The van der Waals surface area contributed by atoms with Crippen molar-refractivity contribution in [3.63, 3.8) is 0 Å². The molecule has 0 aliphatic carbocycles. The summed E-state index contributed by atoms with van der Waals surface area (Å²) in [7, 11) is 1.77. The van der Waals surface area contributed by atoms with Gasteiger partial charge in [-0.2, -0.15) is 5.10 Å². The molecule has 0 spiro atoms. The Hall–Kier alpha value is -3.16. The lowest BCUT2D eigenvalue weighted by Crippen LogP contribution is -2.46. The molecule has 1 aliphatic rings. The summed E-state index contributed by atoms with van der Waals surface area (Å²) in [5.41, 5.74) is 1.10. The molecule has 2 heterocycles. The van der Waals surface area contributed by atoms with Crippen LogP contribution in [0.3, 0.4) is 0 Å². The Kier molecular flexibility index (Phi) is 6.87. The number of aromatic nitrogens is 2. The van der Waals surface area contributed by atoms with Crippen molar-refractivity contribution in [3.05, 3.63) is 47.8 Å². The standard InChI is InChI=1S/C22H28N4O4/c1-15(27)18-5-4-6-20(11-18)30-16(2)22(29)26-9-7-17(8-10-26)12-23-21(28)19-13-24-25(3)14-19/h4-6,11,13-14,16-17H,7-10,12H2,1-3H3,(H,23,28). The average molecular weight is 412 g/mol. The molecule has 0 bridgehead atoms. The van der Waals surface area contributed by atoms with E-state index < -0.39 is 6.10 Å². The predicted molar refractivity (Wildman–Crippen MR) is 111 cm³/mol. The van der Waals surface area contributed by atoms with E-state index in [1.165, 1.54) is 6.92 Å². The van der Waals surface area contributed by atoms with Crippen LogP contribution in [0.4, 0.5) is 0 Å². The van der Waals surface area contributed by atoms with Crippen LogP contribution in [0.5, 0.6) is 5.75 Å². The summed E-state index contributed by atoms with van der Waals surface area (Å²) in [6, 6.07) is 6.87. The second kappa shape index (κ2) is 9.56. The summed E-state index contributed by atoms with van der Waals surface area (Å²) in [6.45, 7) is 5.07. The number of carbonyl (C=O) groups is 3. The minimum Gasteiger partial charge on any atom is -0.481 e. The first-order valence-corrected chi connectivity index (χ1v) is 10.2. The minimum atomic E-state index is -0.631. The summed E-state index contributed by atoms with van der Waals surface area (Å²) < 4.78 is 7.36. The third-order valence-electron chi connectivity index (χ3n) is 5.35. The largest absolute Gasteiger partial charge is 0.481 e. The Balaban J connectivity index is 1.44. The van der Waals surface area contributed by atoms with Crippen molar-refractivity contribution in [1.82, 2.24) is 20.0 Å². The van der Waals surface area contributed by atoms with Gasteiger partial charge >= 0.3 is 0 Å². The summed E-state index contributed by atoms with van der Waals surface area (Å²) in [5.74, 6) is 0.601. The van der Waals surface area contributed by atoms with Crippen LogP contribution < -0.4 is 10.1 Å². The fourth-order valence-electron chi connectivity index (χ4n) is 3.54. The highest BCUT2D eigenvalue weighted by atomic mass is 16.5. The van der Waals surface area contributed by atoms with Crippen molar-refractivity contribution < 1.29 is 19.1 Å². The fraction of sp³-hybridized carbons (Fsp3) is 0.455. The molecule has 0 saturated carbocycles. The number of piperidine rings is 1. The number of carbonyl (C=O) groups excluding carboxylic acids is 3. The zero-order valence-electron chi connectivity index (χ0n) is 17.6. The minimum absolute atomic E-state index is 0.0443. The van der Waals surface area contributed by atoms with Gasteiger partial charge < -0.3 is 15.0 Å². The highest BCUT2D eigenvalue weighted by Gasteiger charge is 2.27. The molecule has 1 atom stereocenters. The lowest BCUT2D eigenvalue weighted by molar-refractivity contribution is -0.139. The van der Waals surface area contributed by atoms with Crippen LogP contribution in [0.2, 0.25) is 0 Å². The number of nitrogens with zero attached hydrogens (tertiary/aromatic N) is 3. The number of rotatable bonds is 7. The Labute approximate surface area is 176 Å². The number of Topliss-reactive ketones (excluding diaryl/α,β-unsaturated/α-hetero) is 1. The number of benzene rings is 1. The molecule has 1 unspecified atom stereocenters. The first-order chi connectivity index (χ1) is 14.3. The van der Waals surface area contributed by atoms with Crippen LogP contribution in [0.25, 0.3) is 0 Å². The van der Waals surface area contributed by atoms with Crippen molar-refractivity contribution >= 4 is 17.6 Å². The first kappa shape index (κ1) is 21.5. The van der Waals surface area contributed by atoms with E-state index in [4.69, 9.17) is 4.74 Å². The van der Waals surface area contributed by atoms with Crippen LogP contribution in [0, 0.1) is 5.92 Å². The van der Waals surface area contributed by atoms with E-state index in [-0.39, 0.29) is 17.6 Å². The smallest absolute Gasteiger partial charge is 0.263 e. The van der Waals surface area contributed by atoms with E-state index in [0.717, 1.165) is 12.8 Å². The molecule has 30 heavy (non-hydrogen) atoms. The van der Waals surface area contributed by atoms with Gasteiger partial charge in [-0.25, -0.2) is 0 Å². The molecule has 1 aromatic carbocycles. The maximum atomic E-state index is 12.7. The summed E-state index contributed by atoms with van der Waals surface area (Å²) >= 11 is 0. The molecule has 1 N–H and O–H groups in total. The lowest BCUT2D eigenvalue weighted by atomic mass is 9.96. The van der Waals surface area contributed by atoms with Gasteiger partial charge in [0.2, 0.25) is 0 Å². The van der Waals surface area contributed by atoms with Gasteiger partial charge in [0.15, 0.2) is 11.9 Å². The predicted octanol–water partition coefficient (Wildman–Crippen LogP) is 2.06. The highest BCUT2D eigenvalue weighted by molar-refractivity contribution is 5.94. The van der Waals surface area contributed by atoms with Gasteiger partial charge in [0, 0.05) is 38.4 Å². The zero-order valence-corrected chi connectivity index (χ0v) is 17.6. The Morgan fingerprint density at radius 2 is 1.97 bits per heavy atom. The molecule has 2 amide bonds. The van der Waals surface area contributed by atoms with Gasteiger partial charge in [0.25, 0.3) is 11.8 Å². The van der Waals surface area contributed by atoms with Gasteiger partial charge in [0.05, 0.1) is 11.8 Å². The van der Waals surface area contributed by atoms with Crippen molar-refractivity contribution in [1.29, 1.82) is 0 Å². The molecule has 0 radical (unpaired) electrons. The normalized spacial score (nSPS) is 15.5. The Morgan fingerprint density at radius 1 is 1.23 bits per heavy atom. The van der Waals surface area contributed by atoms with Gasteiger partial charge in [-0.15, -0.1) is 0 Å². The van der Waals surface area contributed by atoms with Gasteiger partial charge in [-0.05, 0) is 44.7 Å². The maximum Gasteiger partial charge on any atom is 0.263 e. The SMILES string of the molecule is CC(=O)c1cccc(OC(C)C(=O)N2CCC(CNC(=O)c3cnn(C)c3)CC2)c1. The Morgan fingerprint density at radius 3 is 2.60 bits per heavy atom. The van der Waals surface area contributed by atoms with Crippen molar-refractivity contribution in [2.45, 2.75) is 32.8 Å². The fourth-order valence-corrected chi connectivity index (χ4v) is 3.54. The van der Waals surface area contributed by atoms with E-state index in [0.29, 0.717) is 42.4 Å². The third-order valence-corrected chi connectivity index (χ3v) is 5.35. The highest BCUT2D eigenvalue weighted by Crippen LogP contribution is 2.20. The van der Waals surface area contributed by atoms with Crippen molar-refractivity contribution in [3.8, 4) is 5.75 Å². The third kappa shape index (κ3) is 5.46. The first-order valence-electron chi connectivity index (χ1n) is 10.2. The number of nitrogens with one attached hydrogen (secondary N) is 1. The molecule has 3 rings (SSSR count). The van der Waals surface area contributed by atoms with Crippen LogP contribution >= 0.6 is 0 Å². The van der Waals surface area contributed by atoms with Crippen LogP contribution in [-0.4, -0.2) is 58.0 Å². The topological polar surface area (TPSA) is 93.5 Å². The second-order valence-electron chi connectivity index (χ2n) is 7.73. The summed E-state index contributed by atoms with van der Waals surface area (Å²) in [4.78, 5) is 38.2. The van der Waals surface area contributed by atoms with E-state index >= 15 is 0 Å². The molecular formula is C22H28N4O4. The lowest BCUT2D eigenvalue weighted by Gasteiger charge is -2.33. The van der Waals surface area contributed by atoms with Crippen molar-refractivity contribution in [2.75, 3.05) is 19.6 Å². The molecule has 2 aromatic rings. The van der Waals surface area contributed by atoms with Gasteiger partial charge in [-0.3, -0.25) is 19.1 Å². The molecule has 1 saturated heterocycles. The molecule has 8 nitrogen and oxygen atoms in total. The van der Waals surface area contributed by atoms with E-state index in [1.807, 2.05) is 0 Å². The number of hydrogen-bond acceptors (Lipinski definition) is 5. The van der Waals surface area contributed by atoms with Crippen LogP contribution in [0.1, 0.15) is 47.4 Å². The zero-order chi connectivity index (χ0) is 21.7. The number of ketones is 1. The summed E-state index contributed by atoms with van der Waals surface area (Å²) in [5, 5.41) is 6.95. The number of aryl methyl sites for hydroxylation is 1. The van der Waals surface area contributed by atoms with E-state index in [2.05, 4.69) is 10.4 Å². The number of hydrogen-bond donors (Lipinski definition) is 1. The van der Waals surface area contributed by atoms with Crippen LogP contribution in [0.15, 0.2) is 36.7 Å². The molecule has 160 valence electrons. The maximum absolute atomic E-state index is 12.7. The van der Waals surface area contributed by atoms with Crippen LogP contribution in [-0.2, 0) is 11.8 Å². The Bertz CT molecular complexity index is 915.